The third-order valence-corrected chi connectivity index (χ3v) is 6.83. The predicted octanol–water partition coefficient (Wildman–Crippen LogP) is 2.76. The molecule has 0 aromatic heterocycles. The Morgan fingerprint density at radius 3 is 1.13 bits per heavy atom. The van der Waals surface area contributed by atoms with Gasteiger partial charge in [0, 0.05) is 12.2 Å². The quantitative estimate of drug-likeness (QED) is 0.0750. The summed E-state index contributed by atoms with van der Waals surface area (Å²) >= 11 is 0. The maximum atomic E-state index is 11.7. The van der Waals surface area contributed by atoms with Gasteiger partial charge in [0.15, 0.2) is 0 Å². The highest BCUT2D eigenvalue weighted by Crippen LogP contribution is 2.12. The molecule has 54 heavy (non-hydrogen) atoms. The first kappa shape index (κ1) is 47.0. The molecule has 1 amide bonds. The molecule has 0 unspecified atom stereocenters. The van der Waals surface area contributed by atoms with Crippen molar-refractivity contribution in [2.45, 2.75) is 6.61 Å². The number of nitrogens with one attached hydrogen (secondary N) is 1. The van der Waals surface area contributed by atoms with Crippen LogP contribution in [0.5, 0.6) is 5.75 Å². The number of carbonyl (C=O) groups excluding carboxylic acids is 1. The Morgan fingerprint density at radius 2 is 0.759 bits per heavy atom. The molecule has 308 valence electrons. The first-order valence-electron chi connectivity index (χ1n) is 18.5. The molecule has 0 fully saturated rings. The second-order valence-corrected chi connectivity index (χ2v) is 11.1. The van der Waals surface area contributed by atoms with Crippen LogP contribution in [0.3, 0.4) is 0 Å². The highest BCUT2D eigenvalue weighted by Gasteiger charge is 2.02. The lowest BCUT2D eigenvalue weighted by molar-refractivity contribution is -0.0277. The van der Waals surface area contributed by atoms with Crippen LogP contribution in [-0.4, -0.2) is 165 Å². The summed E-state index contributed by atoms with van der Waals surface area (Å²) in [6, 6.07) is 16.8. The predicted molar refractivity (Wildman–Crippen MR) is 200 cm³/mol. The van der Waals surface area contributed by atoms with Crippen LogP contribution in [-0.2, 0) is 63.4 Å². The number of alkyl carbamates (subject to hydrolysis) is 1. The third-order valence-electron chi connectivity index (χ3n) is 6.83. The van der Waals surface area contributed by atoms with Gasteiger partial charge in [0.1, 0.15) is 19.0 Å². The number of rotatable bonds is 39. The van der Waals surface area contributed by atoms with E-state index in [1.165, 1.54) is 0 Å². The number of ether oxygens (including phenoxy) is 13. The van der Waals surface area contributed by atoms with E-state index < -0.39 is 6.09 Å². The molecule has 0 aliphatic rings. The zero-order valence-corrected chi connectivity index (χ0v) is 31.7. The fourth-order valence-corrected chi connectivity index (χ4v) is 4.08. The molecular weight excluding hydrogens is 708 g/mol. The van der Waals surface area contributed by atoms with Gasteiger partial charge in [-0.3, -0.25) is 0 Å². The van der Waals surface area contributed by atoms with E-state index in [9.17, 15) is 4.79 Å². The topological polar surface area (TPSA) is 175 Å². The average molecular weight is 771 g/mol. The molecule has 0 spiro atoms. The van der Waals surface area contributed by atoms with Gasteiger partial charge in [0.25, 0.3) is 0 Å². The van der Waals surface area contributed by atoms with Crippen LogP contribution in [0, 0.1) is 0 Å². The maximum absolute atomic E-state index is 11.7. The summed E-state index contributed by atoms with van der Waals surface area (Å²) in [6.45, 7) is 11.6. The first-order chi connectivity index (χ1) is 26.7. The minimum Gasteiger partial charge on any atom is -0.491 e. The molecule has 0 atom stereocenters. The second kappa shape index (κ2) is 36.8. The number of benzene rings is 2. The molecule has 0 saturated heterocycles. The minimum atomic E-state index is -0.471. The molecule has 0 saturated carbocycles. The number of carbonyl (C=O) groups is 1. The smallest absolute Gasteiger partial charge is 0.407 e. The van der Waals surface area contributed by atoms with Gasteiger partial charge in [-0.2, -0.15) is 0 Å². The highest BCUT2D eigenvalue weighted by molar-refractivity contribution is 5.67. The van der Waals surface area contributed by atoms with E-state index >= 15 is 0 Å². The van der Waals surface area contributed by atoms with Crippen LogP contribution in [0.1, 0.15) is 5.56 Å². The lowest BCUT2D eigenvalue weighted by Gasteiger charge is -2.09. The van der Waals surface area contributed by atoms with Crippen LogP contribution < -0.4 is 15.8 Å². The summed E-state index contributed by atoms with van der Waals surface area (Å²) in [7, 11) is 0. The number of hydrogen-bond donors (Lipinski definition) is 2. The Morgan fingerprint density at radius 1 is 0.426 bits per heavy atom. The zero-order valence-electron chi connectivity index (χ0n) is 31.7. The summed E-state index contributed by atoms with van der Waals surface area (Å²) in [5.74, 6) is 0.767. The van der Waals surface area contributed by atoms with Gasteiger partial charge in [-0.05, 0) is 29.8 Å². The lowest BCUT2D eigenvalue weighted by Crippen LogP contribution is -2.28. The molecule has 0 radical (unpaired) electrons. The molecular formula is C38H62N2O14. The van der Waals surface area contributed by atoms with Crippen LogP contribution in [0.15, 0.2) is 54.6 Å². The maximum Gasteiger partial charge on any atom is 0.407 e. The third kappa shape index (κ3) is 31.2. The van der Waals surface area contributed by atoms with Crippen LogP contribution >= 0.6 is 0 Å². The summed E-state index contributed by atoms with van der Waals surface area (Å²) in [6.07, 6.45) is -0.471. The number of nitrogens with two attached hydrogens (primary N) is 1. The van der Waals surface area contributed by atoms with Crippen LogP contribution in [0.25, 0.3) is 0 Å². The first-order valence-corrected chi connectivity index (χ1v) is 18.5. The second-order valence-electron chi connectivity index (χ2n) is 11.1. The summed E-state index contributed by atoms with van der Waals surface area (Å²) in [5.41, 5.74) is 7.29. The summed E-state index contributed by atoms with van der Waals surface area (Å²) < 4.78 is 70.9. The van der Waals surface area contributed by atoms with Crippen LogP contribution in [0.4, 0.5) is 10.5 Å². The van der Waals surface area contributed by atoms with Crippen molar-refractivity contribution in [3.05, 3.63) is 60.2 Å². The van der Waals surface area contributed by atoms with Crippen molar-refractivity contribution in [1.82, 2.24) is 5.32 Å². The average Bonchev–Trinajstić information content (AvgIpc) is 3.19. The fraction of sp³-hybridized carbons (Fsp3) is 0.658. The molecule has 16 heteroatoms. The van der Waals surface area contributed by atoms with Crippen molar-refractivity contribution in [3.8, 4) is 5.75 Å². The van der Waals surface area contributed by atoms with Crippen molar-refractivity contribution < 1.29 is 66.4 Å². The molecule has 2 aromatic carbocycles. The Kier molecular flexibility index (Phi) is 32.1. The Bertz CT molecular complexity index is 1090. The lowest BCUT2D eigenvalue weighted by atomic mass is 10.2. The van der Waals surface area contributed by atoms with Crippen LogP contribution in [0.2, 0.25) is 0 Å². The van der Waals surface area contributed by atoms with Crippen molar-refractivity contribution in [2.75, 3.05) is 164 Å². The number of hydrogen-bond acceptors (Lipinski definition) is 15. The van der Waals surface area contributed by atoms with Crippen molar-refractivity contribution in [2.24, 2.45) is 0 Å². The highest BCUT2D eigenvalue weighted by atomic mass is 16.6. The monoisotopic (exact) mass is 770 g/mol. The van der Waals surface area contributed by atoms with Gasteiger partial charge in [-0.1, -0.05) is 30.3 Å². The molecule has 0 aliphatic heterocycles. The van der Waals surface area contributed by atoms with Crippen molar-refractivity contribution in [3.63, 3.8) is 0 Å². The van der Waals surface area contributed by atoms with E-state index in [-0.39, 0.29) is 6.61 Å². The van der Waals surface area contributed by atoms with Gasteiger partial charge in [0.2, 0.25) is 0 Å². The van der Waals surface area contributed by atoms with Gasteiger partial charge in [-0.25, -0.2) is 4.79 Å². The number of nitrogen functional groups attached to an aromatic ring is 1. The van der Waals surface area contributed by atoms with Gasteiger partial charge >= 0.3 is 6.09 Å². The van der Waals surface area contributed by atoms with Crippen molar-refractivity contribution >= 4 is 11.8 Å². The van der Waals surface area contributed by atoms with Gasteiger partial charge < -0.3 is 72.6 Å². The Labute approximate surface area is 320 Å². The van der Waals surface area contributed by atoms with E-state index in [0.717, 1.165) is 11.3 Å². The van der Waals surface area contributed by atoms with Crippen molar-refractivity contribution in [1.29, 1.82) is 0 Å². The normalized spacial score (nSPS) is 11.2. The zero-order chi connectivity index (χ0) is 38.3. The van der Waals surface area contributed by atoms with E-state index in [4.69, 9.17) is 67.3 Å². The Hall–Kier alpha value is -3.13. The summed E-state index contributed by atoms with van der Waals surface area (Å²) in [5, 5.41) is 2.64. The van der Waals surface area contributed by atoms with Gasteiger partial charge in [0.05, 0.1) is 145 Å². The Balaban J connectivity index is 1.14. The molecule has 2 rings (SSSR count). The van der Waals surface area contributed by atoms with E-state index in [1.54, 1.807) is 12.1 Å². The van der Waals surface area contributed by atoms with Gasteiger partial charge in [-0.15, -0.1) is 0 Å². The SMILES string of the molecule is Nc1ccc(OCCOCCOCCOCCOCCOCCOCCOCCOCCOCCOCCOCCNC(=O)OCc2ccccc2)cc1. The molecule has 0 bridgehead atoms. The molecule has 2 aromatic rings. The fourth-order valence-electron chi connectivity index (χ4n) is 4.08. The molecule has 0 aliphatic carbocycles. The van der Waals surface area contributed by atoms with E-state index in [1.807, 2.05) is 42.5 Å². The number of amides is 1. The molecule has 3 N–H and O–H groups in total. The largest absolute Gasteiger partial charge is 0.491 e. The number of anilines is 1. The molecule has 0 heterocycles. The standard InChI is InChI=1S/C38H62N2O14/c39-36-6-8-37(9-7-36)53-33-32-52-31-30-51-29-28-50-27-26-49-25-24-48-23-22-47-21-20-46-19-18-45-17-16-44-15-14-43-13-12-42-11-10-40-38(41)54-34-35-4-2-1-3-5-35/h1-9H,10-34,39H2,(H,40,41). The minimum absolute atomic E-state index is 0.235. The van der Waals surface area contributed by atoms with E-state index in [0.29, 0.717) is 164 Å². The molecule has 16 nitrogen and oxygen atoms in total. The summed E-state index contributed by atoms with van der Waals surface area (Å²) in [4.78, 5) is 11.7. The van der Waals surface area contributed by atoms with E-state index in [2.05, 4.69) is 5.32 Å².